The van der Waals surface area contributed by atoms with Crippen LogP contribution in [0.4, 0.5) is 0 Å². The molecule has 0 radical (unpaired) electrons. The number of hydrogen-bond acceptors (Lipinski definition) is 2. The van der Waals surface area contributed by atoms with Crippen molar-refractivity contribution in [2.24, 2.45) is 23.5 Å². The van der Waals surface area contributed by atoms with Crippen LogP contribution in [0.1, 0.15) is 65.2 Å². The van der Waals surface area contributed by atoms with E-state index in [9.17, 15) is 5.11 Å². The van der Waals surface area contributed by atoms with Crippen LogP contribution in [0, 0.1) is 17.8 Å². The molecule has 1 fully saturated rings. The summed E-state index contributed by atoms with van der Waals surface area (Å²) in [6, 6.07) is 0. The predicted molar refractivity (Wildman–Crippen MR) is 73.8 cm³/mol. The van der Waals surface area contributed by atoms with Crippen molar-refractivity contribution in [2.45, 2.75) is 71.3 Å². The summed E-state index contributed by atoms with van der Waals surface area (Å²) in [4.78, 5) is 0. The molecule has 2 atom stereocenters. The third kappa shape index (κ3) is 5.87. The van der Waals surface area contributed by atoms with E-state index in [1.807, 2.05) is 0 Å². The molecule has 0 bridgehead atoms. The van der Waals surface area contributed by atoms with Crippen LogP contribution in [0.15, 0.2) is 0 Å². The molecule has 0 aromatic carbocycles. The topological polar surface area (TPSA) is 46.2 Å². The normalized spacial score (nSPS) is 21.7. The average Bonchev–Trinajstić information content (AvgIpc) is 2.34. The van der Waals surface area contributed by atoms with E-state index in [0.717, 1.165) is 18.8 Å². The smallest absolute Gasteiger partial charge is 0.0580 e. The molecule has 3 N–H and O–H groups in total. The van der Waals surface area contributed by atoms with E-state index >= 15 is 0 Å². The number of aliphatic hydroxyl groups is 1. The highest BCUT2D eigenvalue weighted by Crippen LogP contribution is 2.29. The highest BCUT2D eigenvalue weighted by molar-refractivity contribution is 4.74. The lowest BCUT2D eigenvalue weighted by molar-refractivity contribution is 0.0818. The van der Waals surface area contributed by atoms with E-state index in [2.05, 4.69) is 13.8 Å². The third-order valence-electron chi connectivity index (χ3n) is 4.22. The van der Waals surface area contributed by atoms with Crippen molar-refractivity contribution in [3.63, 3.8) is 0 Å². The summed E-state index contributed by atoms with van der Waals surface area (Å²) in [7, 11) is 0. The van der Waals surface area contributed by atoms with Crippen LogP contribution >= 0.6 is 0 Å². The van der Waals surface area contributed by atoms with E-state index in [4.69, 9.17) is 5.73 Å². The lowest BCUT2D eigenvalue weighted by atomic mass is 9.83. The summed E-state index contributed by atoms with van der Waals surface area (Å²) in [5.74, 6) is 1.81. The fourth-order valence-corrected chi connectivity index (χ4v) is 3.13. The quantitative estimate of drug-likeness (QED) is 0.718. The van der Waals surface area contributed by atoms with E-state index in [1.54, 1.807) is 0 Å². The van der Waals surface area contributed by atoms with Gasteiger partial charge in [-0.25, -0.2) is 0 Å². The van der Waals surface area contributed by atoms with Gasteiger partial charge in [0.25, 0.3) is 0 Å². The Kier molecular flexibility index (Phi) is 7.14. The summed E-state index contributed by atoms with van der Waals surface area (Å²) >= 11 is 0. The Morgan fingerprint density at radius 1 is 1.18 bits per heavy atom. The predicted octanol–water partition coefficient (Wildman–Crippen LogP) is 3.33. The van der Waals surface area contributed by atoms with E-state index in [0.29, 0.717) is 18.4 Å². The van der Waals surface area contributed by atoms with Crippen LogP contribution in [0.25, 0.3) is 0 Å². The van der Waals surface area contributed by atoms with Crippen LogP contribution in [-0.4, -0.2) is 17.8 Å². The fraction of sp³-hybridized carbons (Fsp3) is 1.00. The molecule has 2 nitrogen and oxygen atoms in total. The molecule has 0 aromatic rings. The van der Waals surface area contributed by atoms with Crippen LogP contribution in [0.5, 0.6) is 0 Å². The second-order valence-electron chi connectivity index (χ2n) is 6.27. The van der Waals surface area contributed by atoms with Gasteiger partial charge in [-0.05, 0) is 43.6 Å². The molecule has 0 saturated heterocycles. The van der Waals surface area contributed by atoms with Gasteiger partial charge in [-0.2, -0.15) is 0 Å². The molecule has 1 rings (SSSR count). The van der Waals surface area contributed by atoms with Crippen molar-refractivity contribution in [3.05, 3.63) is 0 Å². The Bertz CT molecular complexity index is 187. The van der Waals surface area contributed by atoms with Gasteiger partial charge >= 0.3 is 0 Å². The zero-order chi connectivity index (χ0) is 12.7. The molecule has 1 saturated carbocycles. The fourth-order valence-electron chi connectivity index (χ4n) is 3.13. The summed E-state index contributed by atoms with van der Waals surface area (Å²) in [6.45, 7) is 5.04. The van der Waals surface area contributed by atoms with Crippen molar-refractivity contribution < 1.29 is 5.11 Å². The first kappa shape index (κ1) is 15.0. The van der Waals surface area contributed by atoms with Gasteiger partial charge in [0.15, 0.2) is 0 Å². The molecule has 0 heterocycles. The maximum absolute atomic E-state index is 10.2. The molecule has 1 aliphatic rings. The molecule has 0 spiro atoms. The summed E-state index contributed by atoms with van der Waals surface area (Å²) in [6.07, 6.45) is 10.0. The Balaban J connectivity index is 2.23. The maximum Gasteiger partial charge on any atom is 0.0580 e. The van der Waals surface area contributed by atoms with Gasteiger partial charge in [0.2, 0.25) is 0 Å². The van der Waals surface area contributed by atoms with Gasteiger partial charge in [0.1, 0.15) is 0 Å². The molecule has 2 unspecified atom stereocenters. The van der Waals surface area contributed by atoms with Gasteiger partial charge in [-0.1, -0.05) is 46.0 Å². The van der Waals surface area contributed by atoms with E-state index < -0.39 is 0 Å². The summed E-state index contributed by atoms with van der Waals surface area (Å²) < 4.78 is 0. The average molecular weight is 241 g/mol. The first-order valence-electron chi connectivity index (χ1n) is 7.51. The molecule has 2 heteroatoms. The number of rotatable bonds is 7. The Morgan fingerprint density at radius 2 is 1.82 bits per heavy atom. The minimum Gasteiger partial charge on any atom is -0.393 e. The van der Waals surface area contributed by atoms with E-state index in [-0.39, 0.29) is 6.10 Å². The van der Waals surface area contributed by atoms with Crippen molar-refractivity contribution in [1.82, 2.24) is 0 Å². The summed E-state index contributed by atoms with van der Waals surface area (Å²) in [5, 5.41) is 10.2. The largest absolute Gasteiger partial charge is 0.393 e. The van der Waals surface area contributed by atoms with Gasteiger partial charge in [0.05, 0.1) is 6.10 Å². The molecule has 0 amide bonds. The third-order valence-corrected chi connectivity index (χ3v) is 4.22. The molecule has 0 aromatic heterocycles. The monoisotopic (exact) mass is 241 g/mol. The van der Waals surface area contributed by atoms with Gasteiger partial charge in [-0.3, -0.25) is 0 Å². The van der Waals surface area contributed by atoms with Crippen LogP contribution < -0.4 is 5.73 Å². The Morgan fingerprint density at radius 3 is 2.35 bits per heavy atom. The Hall–Kier alpha value is -0.0800. The van der Waals surface area contributed by atoms with Gasteiger partial charge in [-0.15, -0.1) is 0 Å². The molecular weight excluding hydrogens is 210 g/mol. The highest BCUT2D eigenvalue weighted by Gasteiger charge is 2.21. The minimum atomic E-state index is -0.177. The van der Waals surface area contributed by atoms with Gasteiger partial charge in [0, 0.05) is 0 Å². The van der Waals surface area contributed by atoms with E-state index in [1.165, 1.54) is 38.5 Å². The lowest BCUT2D eigenvalue weighted by Gasteiger charge is -2.26. The van der Waals surface area contributed by atoms with Crippen LogP contribution in [-0.2, 0) is 0 Å². The minimum absolute atomic E-state index is 0.177. The SMILES string of the molecule is CC(C)CC(CN)C(O)CCC1CCCCC1. The highest BCUT2D eigenvalue weighted by atomic mass is 16.3. The summed E-state index contributed by atoms with van der Waals surface area (Å²) in [5.41, 5.74) is 5.77. The second-order valence-corrected chi connectivity index (χ2v) is 6.27. The first-order valence-corrected chi connectivity index (χ1v) is 7.51. The van der Waals surface area contributed by atoms with Crippen molar-refractivity contribution >= 4 is 0 Å². The van der Waals surface area contributed by atoms with Crippen molar-refractivity contribution in [1.29, 1.82) is 0 Å². The standard InChI is InChI=1S/C15H31NO/c1-12(2)10-14(11-16)15(17)9-8-13-6-4-3-5-7-13/h12-15,17H,3-11,16H2,1-2H3. The number of nitrogens with two attached hydrogens (primary N) is 1. The molecule has 0 aliphatic heterocycles. The number of aliphatic hydroxyl groups excluding tert-OH is 1. The first-order chi connectivity index (χ1) is 8.13. The zero-order valence-corrected chi connectivity index (χ0v) is 11.7. The van der Waals surface area contributed by atoms with Crippen LogP contribution in [0.2, 0.25) is 0 Å². The second kappa shape index (κ2) is 8.10. The lowest BCUT2D eigenvalue weighted by Crippen LogP contribution is -2.29. The number of hydrogen-bond donors (Lipinski definition) is 2. The molecule has 102 valence electrons. The van der Waals surface area contributed by atoms with Crippen molar-refractivity contribution in [3.8, 4) is 0 Å². The maximum atomic E-state index is 10.2. The van der Waals surface area contributed by atoms with Crippen LogP contribution in [0.3, 0.4) is 0 Å². The zero-order valence-electron chi connectivity index (χ0n) is 11.7. The molecular formula is C15H31NO. The molecule has 17 heavy (non-hydrogen) atoms. The van der Waals surface area contributed by atoms with Gasteiger partial charge < -0.3 is 10.8 Å². The van der Waals surface area contributed by atoms with Crippen molar-refractivity contribution in [2.75, 3.05) is 6.54 Å². The Labute approximate surface area is 107 Å². The molecule has 1 aliphatic carbocycles.